The van der Waals surface area contributed by atoms with E-state index >= 15 is 0 Å². The highest BCUT2D eigenvalue weighted by Gasteiger charge is 2.43. The lowest BCUT2D eigenvalue weighted by Gasteiger charge is -2.36. The summed E-state index contributed by atoms with van der Waals surface area (Å²) >= 11 is 0. The largest absolute Gasteiger partial charge is 0.355 e. The quantitative estimate of drug-likeness (QED) is 0.773. The molecule has 1 aliphatic heterocycles. The lowest BCUT2D eigenvalue weighted by molar-refractivity contribution is -0.132. The van der Waals surface area contributed by atoms with Gasteiger partial charge in [-0.3, -0.25) is 4.79 Å². The fraction of sp³-hybridized carbons (Fsp3) is 0.938. The molecule has 1 heterocycles. The van der Waals surface area contributed by atoms with Crippen LogP contribution in [0, 0.1) is 23.2 Å². The van der Waals surface area contributed by atoms with Gasteiger partial charge >= 0.3 is 0 Å². The second-order valence-corrected chi connectivity index (χ2v) is 6.96. The molecule has 0 bridgehead atoms. The second-order valence-electron chi connectivity index (χ2n) is 6.96. The molecule has 1 unspecified atom stereocenters. The van der Waals surface area contributed by atoms with Gasteiger partial charge in [-0.25, -0.2) is 0 Å². The maximum Gasteiger partial charge on any atom is 0.227 e. The molecule has 1 amide bonds. The third-order valence-electron chi connectivity index (χ3n) is 5.58. The number of rotatable bonds is 6. The van der Waals surface area contributed by atoms with Crippen LogP contribution in [0.2, 0.25) is 0 Å². The minimum atomic E-state index is -0.129. The van der Waals surface area contributed by atoms with Gasteiger partial charge in [0.25, 0.3) is 0 Å². The minimum Gasteiger partial charge on any atom is -0.355 e. The van der Waals surface area contributed by atoms with Crippen molar-refractivity contribution in [2.24, 2.45) is 23.2 Å². The van der Waals surface area contributed by atoms with Gasteiger partial charge in [0.1, 0.15) is 0 Å². The molecule has 0 aromatic carbocycles. The Bertz CT molecular complexity index is 316. The molecule has 3 fully saturated rings. The Balaban J connectivity index is 1.54. The first-order chi connectivity index (χ1) is 9.25. The van der Waals surface area contributed by atoms with Crippen molar-refractivity contribution in [2.75, 3.05) is 19.6 Å². The SMILES string of the molecule is CCC1(C(=O)NCC(C2CC2)C2CC2)CCCNC1. The molecule has 2 saturated carbocycles. The molecule has 0 spiro atoms. The molecule has 19 heavy (non-hydrogen) atoms. The van der Waals surface area contributed by atoms with Crippen LogP contribution in [0.25, 0.3) is 0 Å². The fourth-order valence-corrected chi connectivity index (χ4v) is 3.79. The highest BCUT2D eigenvalue weighted by Crippen LogP contribution is 2.48. The zero-order chi connectivity index (χ0) is 13.3. The number of amides is 1. The molecule has 3 aliphatic rings. The summed E-state index contributed by atoms with van der Waals surface area (Å²) in [5, 5.41) is 6.71. The summed E-state index contributed by atoms with van der Waals surface area (Å²) in [6, 6.07) is 0. The molecule has 0 radical (unpaired) electrons. The number of nitrogens with one attached hydrogen (secondary N) is 2. The molecule has 3 heteroatoms. The Labute approximate surface area is 116 Å². The van der Waals surface area contributed by atoms with Gasteiger partial charge in [0, 0.05) is 13.1 Å². The number of carbonyl (C=O) groups is 1. The van der Waals surface area contributed by atoms with Crippen molar-refractivity contribution in [3.05, 3.63) is 0 Å². The van der Waals surface area contributed by atoms with Crippen molar-refractivity contribution < 1.29 is 4.79 Å². The van der Waals surface area contributed by atoms with E-state index in [2.05, 4.69) is 17.6 Å². The number of piperidine rings is 1. The fourth-order valence-electron chi connectivity index (χ4n) is 3.79. The van der Waals surface area contributed by atoms with E-state index in [0.29, 0.717) is 5.91 Å². The number of hydrogen-bond acceptors (Lipinski definition) is 2. The number of carbonyl (C=O) groups excluding carboxylic acids is 1. The number of hydrogen-bond donors (Lipinski definition) is 2. The average Bonchev–Trinajstić information content (AvgIpc) is 3.32. The molecular weight excluding hydrogens is 236 g/mol. The van der Waals surface area contributed by atoms with Crippen molar-refractivity contribution in [3.8, 4) is 0 Å². The highest BCUT2D eigenvalue weighted by atomic mass is 16.2. The topological polar surface area (TPSA) is 41.1 Å². The van der Waals surface area contributed by atoms with Gasteiger partial charge in [-0.2, -0.15) is 0 Å². The van der Waals surface area contributed by atoms with E-state index < -0.39 is 0 Å². The maximum absolute atomic E-state index is 12.6. The first-order valence-corrected chi connectivity index (χ1v) is 8.24. The summed E-state index contributed by atoms with van der Waals surface area (Å²) in [7, 11) is 0. The normalized spacial score (nSPS) is 31.5. The molecular formula is C16H28N2O. The van der Waals surface area contributed by atoms with Crippen molar-refractivity contribution in [2.45, 2.75) is 51.9 Å². The zero-order valence-electron chi connectivity index (χ0n) is 12.2. The Morgan fingerprint density at radius 2 is 2.00 bits per heavy atom. The Hall–Kier alpha value is -0.570. The summed E-state index contributed by atoms with van der Waals surface area (Å²) in [4.78, 5) is 12.6. The van der Waals surface area contributed by atoms with Crippen molar-refractivity contribution >= 4 is 5.91 Å². The molecule has 3 rings (SSSR count). The Morgan fingerprint density at radius 3 is 2.47 bits per heavy atom. The summed E-state index contributed by atoms with van der Waals surface area (Å²) < 4.78 is 0. The zero-order valence-corrected chi connectivity index (χ0v) is 12.2. The van der Waals surface area contributed by atoms with Crippen LogP contribution >= 0.6 is 0 Å². The molecule has 2 aliphatic carbocycles. The predicted molar refractivity (Wildman–Crippen MR) is 76.8 cm³/mol. The third-order valence-corrected chi connectivity index (χ3v) is 5.58. The molecule has 108 valence electrons. The van der Waals surface area contributed by atoms with Crippen LogP contribution in [-0.4, -0.2) is 25.5 Å². The van der Waals surface area contributed by atoms with Gasteiger partial charge in [0.2, 0.25) is 5.91 Å². The van der Waals surface area contributed by atoms with E-state index in [4.69, 9.17) is 0 Å². The summed E-state index contributed by atoms with van der Waals surface area (Å²) in [5.74, 6) is 2.95. The van der Waals surface area contributed by atoms with E-state index in [0.717, 1.165) is 56.7 Å². The van der Waals surface area contributed by atoms with E-state index in [1.165, 1.54) is 25.7 Å². The van der Waals surface area contributed by atoms with Crippen LogP contribution in [0.15, 0.2) is 0 Å². The second kappa shape index (κ2) is 5.43. The predicted octanol–water partition coefficient (Wildman–Crippen LogP) is 2.32. The summed E-state index contributed by atoms with van der Waals surface area (Å²) in [6.45, 7) is 5.04. The van der Waals surface area contributed by atoms with E-state index in [9.17, 15) is 4.79 Å². The van der Waals surface area contributed by atoms with Crippen LogP contribution < -0.4 is 10.6 Å². The van der Waals surface area contributed by atoms with Gasteiger partial charge in [-0.1, -0.05) is 6.92 Å². The van der Waals surface area contributed by atoms with Gasteiger partial charge in [0.05, 0.1) is 5.41 Å². The Morgan fingerprint density at radius 1 is 1.32 bits per heavy atom. The third kappa shape index (κ3) is 2.96. The lowest BCUT2D eigenvalue weighted by atomic mass is 9.77. The van der Waals surface area contributed by atoms with Crippen molar-refractivity contribution in [1.82, 2.24) is 10.6 Å². The van der Waals surface area contributed by atoms with Gasteiger partial charge < -0.3 is 10.6 Å². The van der Waals surface area contributed by atoms with Crippen LogP contribution in [0.5, 0.6) is 0 Å². The van der Waals surface area contributed by atoms with E-state index in [1.807, 2.05) is 0 Å². The summed E-state index contributed by atoms with van der Waals surface area (Å²) in [6.07, 6.45) is 8.75. The van der Waals surface area contributed by atoms with Crippen molar-refractivity contribution in [3.63, 3.8) is 0 Å². The molecule has 3 nitrogen and oxygen atoms in total. The van der Waals surface area contributed by atoms with Gasteiger partial charge in [0.15, 0.2) is 0 Å². The lowest BCUT2D eigenvalue weighted by Crippen LogP contribution is -2.51. The smallest absolute Gasteiger partial charge is 0.227 e. The summed E-state index contributed by atoms with van der Waals surface area (Å²) in [5.41, 5.74) is -0.129. The first kappa shape index (κ1) is 13.4. The van der Waals surface area contributed by atoms with E-state index in [1.54, 1.807) is 0 Å². The van der Waals surface area contributed by atoms with E-state index in [-0.39, 0.29) is 5.41 Å². The van der Waals surface area contributed by atoms with Crippen LogP contribution in [-0.2, 0) is 4.79 Å². The van der Waals surface area contributed by atoms with Gasteiger partial charge in [-0.15, -0.1) is 0 Å². The molecule has 1 atom stereocenters. The molecule has 0 aromatic rings. The van der Waals surface area contributed by atoms with Crippen molar-refractivity contribution in [1.29, 1.82) is 0 Å². The molecule has 1 saturated heterocycles. The average molecular weight is 264 g/mol. The molecule has 2 N–H and O–H groups in total. The van der Waals surface area contributed by atoms with Crippen LogP contribution in [0.4, 0.5) is 0 Å². The highest BCUT2D eigenvalue weighted by molar-refractivity contribution is 5.83. The standard InChI is InChI=1S/C16H28N2O/c1-2-16(8-3-9-17-11-16)15(19)18-10-14(12-4-5-12)13-6-7-13/h12-14,17H,2-11H2,1H3,(H,18,19). The monoisotopic (exact) mass is 264 g/mol. The minimum absolute atomic E-state index is 0.129. The maximum atomic E-state index is 12.6. The van der Waals surface area contributed by atoms with Crippen LogP contribution in [0.1, 0.15) is 51.9 Å². The van der Waals surface area contributed by atoms with Gasteiger partial charge in [-0.05, 0) is 69.2 Å². The first-order valence-electron chi connectivity index (χ1n) is 8.24. The van der Waals surface area contributed by atoms with Crippen LogP contribution in [0.3, 0.4) is 0 Å². The molecule has 0 aromatic heterocycles. The Kier molecular flexibility index (Phi) is 3.84.